The zero-order chi connectivity index (χ0) is 14.2. The monoisotopic (exact) mass is 270 g/mol. The van der Waals surface area contributed by atoms with Gasteiger partial charge in [-0.1, -0.05) is 53.8 Å². The molecule has 0 spiro atoms. The van der Waals surface area contributed by atoms with Crippen LogP contribution >= 0.6 is 0 Å². The Balaban J connectivity index is 2.75. The van der Waals surface area contributed by atoms with Crippen molar-refractivity contribution in [3.8, 4) is 0 Å². The van der Waals surface area contributed by atoms with Crippen LogP contribution < -0.4 is 0 Å². The molecule has 0 aromatic heterocycles. The molecule has 2 heteroatoms. The van der Waals surface area contributed by atoms with Crippen molar-refractivity contribution in [1.29, 1.82) is 0 Å². The molecule has 1 N–H and O–H groups in total. The topological polar surface area (TPSA) is 20.2 Å². The zero-order valence-corrected chi connectivity index (χ0v) is 14.6. The predicted molar refractivity (Wildman–Crippen MR) is 83.7 cm³/mol. The molecule has 0 saturated heterocycles. The second-order valence-electron chi connectivity index (χ2n) is 8.57. The van der Waals surface area contributed by atoms with Crippen LogP contribution in [0.3, 0.4) is 0 Å². The third-order valence-electron chi connectivity index (χ3n) is 5.18. The molecule has 0 aromatic carbocycles. The number of hydrogen-bond acceptors (Lipinski definition) is 1. The van der Waals surface area contributed by atoms with Gasteiger partial charge in [0, 0.05) is 0 Å². The minimum Gasteiger partial charge on any atom is -0.390 e. The van der Waals surface area contributed by atoms with Crippen LogP contribution in [0.1, 0.15) is 59.8 Å². The van der Waals surface area contributed by atoms with Crippen LogP contribution in [-0.4, -0.2) is 18.8 Å². The first-order valence-corrected chi connectivity index (χ1v) is 11.3. The van der Waals surface area contributed by atoms with Gasteiger partial charge in [0.25, 0.3) is 0 Å². The number of hydrogen-bond donors (Lipinski definition) is 1. The van der Waals surface area contributed by atoms with Crippen LogP contribution in [0.2, 0.25) is 25.2 Å². The summed E-state index contributed by atoms with van der Waals surface area (Å²) in [4.78, 5) is 0. The molecule has 1 aliphatic carbocycles. The third kappa shape index (κ3) is 3.60. The van der Waals surface area contributed by atoms with Gasteiger partial charge in [-0.25, -0.2) is 0 Å². The van der Waals surface area contributed by atoms with E-state index in [2.05, 4.69) is 47.3 Å². The van der Waals surface area contributed by atoms with Crippen molar-refractivity contribution in [1.82, 2.24) is 0 Å². The van der Waals surface area contributed by atoms with Crippen LogP contribution in [0.25, 0.3) is 0 Å². The quantitative estimate of drug-likeness (QED) is 0.710. The summed E-state index contributed by atoms with van der Waals surface area (Å²) >= 11 is 0. The van der Waals surface area contributed by atoms with Gasteiger partial charge < -0.3 is 5.11 Å². The minimum absolute atomic E-state index is 0.360. The highest BCUT2D eigenvalue weighted by molar-refractivity contribution is 6.77. The molecule has 1 aliphatic rings. The van der Waals surface area contributed by atoms with E-state index >= 15 is 0 Å². The maximum absolute atomic E-state index is 11.1. The van der Waals surface area contributed by atoms with Gasteiger partial charge in [-0.2, -0.15) is 0 Å². The van der Waals surface area contributed by atoms with Gasteiger partial charge in [0.2, 0.25) is 0 Å². The summed E-state index contributed by atoms with van der Waals surface area (Å²) in [5.74, 6) is 0.789. The molecule has 1 unspecified atom stereocenters. The largest absolute Gasteiger partial charge is 0.390 e. The Morgan fingerprint density at radius 1 is 1.17 bits per heavy atom. The van der Waals surface area contributed by atoms with E-state index in [0.717, 1.165) is 25.2 Å². The van der Waals surface area contributed by atoms with Gasteiger partial charge in [0.15, 0.2) is 0 Å². The summed E-state index contributed by atoms with van der Waals surface area (Å²) in [5, 5.41) is 11.1. The first kappa shape index (κ1) is 16.2. The Kier molecular flexibility index (Phi) is 4.76. The SMILES string of the molecule is CCC(C1(O)CCC(C(C)(C)C)CC1)[Si](C)(C)C. The molecular weight excluding hydrogens is 236 g/mol. The smallest absolute Gasteiger partial charge is 0.0652 e. The van der Waals surface area contributed by atoms with Crippen LogP contribution in [-0.2, 0) is 0 Å². The van der Waals surface area contributed by atoms with E-state index in [4.69, 9.17) is 0 Å². The molecular formula is C16H34OSi. The maximum Gasteiger partial charge on any atom is 0.0652 e. The summed E-state index contributed by atoms with van der Waals surface area (Å²) in [6.07, 6.45) is 5.61. The lowest BCUT2D eigenvalue weighted by Gasteiger charge is -2.48. The molecule has 0 heterocycles. The molecule has 1 rings (SSSR count). The summed E-state index contributed by atoms with van der Waals surface area (Å²) in [6, 6.07) is 0. The highest BCUT2D eigenvalue weighted by atomic mass is 28.3. The Morgan fingerprint density at radius 2 is 1.61 bits per heavy atom. The molecule has 18 heavy (non-hydrogen) atoms. The summed E-state index contributed by atoms with van der Waals surface area (Å²) in [6.45, 7) is 16.5. The molecule has 1 atom stereocenters. The van der Waals surface area contributed by atoms with Gasteiger partial charge in [-0.3, -0.25) is 0 Å². The van der Waals surface area contributed by atoms with Gasteiger partial charge >= 0.3 is 0 Å². The van der Waals surface area contributed by atoms with Crippen molar-refractivity contribution in [2.75, 3.05) is 0 Å². The van der Waals surface area contributed by atoms with E-state index < -0.39 is 8.07 Å². The molecule has 1 saturated carbocycles. The lowest BCUT2D eigenvalue weighted by molar-refractivity contribution is -0.0330. The molecule has 1 fully saturated rings. The number of aliphatic hydroxyl groups is 1. The zero-order valence-electron chi connectivity index (χ0n) is 13.6. The minimum atomic E-state index is -1.26. The summed E-state index contributed by atoms with van der Waals surface area (Å²) < 4.78 is 0. The average molecular weight is 271 g/mol. The van der Waals surface area contributed by atoms with Crippen LogP contribution in [0.5, 0.6) is 0 Å². The van der Waals surface area contributed by atoms with Gasteiger partial charge in [-0.15, -0.1) is 0 Å². The molecule has 0 radical (unpaired) electrons. The summed E-state index contributed by atoms with van der Waals surface area (Å²) in [5.41, 5.74) is 0.606. The fraction of sp³-hybridized carbons (Fsp3) is 1.00. The van der Waals surface area contributed by atoms with E-state index in [9.17, 15) is 5.11 Å². The predicted octanol–water partition coefficient (Wildman–Crippen LogP) is 5.07. The average Bonchev–Trinajstić information content (AvgIpc) is 2.14. The first-order chi connectivity index (χ1) is 8.00. The van der Waals surface area contributed by atoms with Gasteiger partial charge in [-0.05, 0) is 42.6 Å². The molecule has 0 bridgehead atoms. The second-order valence-corrected chi connectivity index (χ2v) is 14.0. The van der Waals surface area contributed by atoms with Crippen LogP contribution in [0.4, 0.5) is 0 Å². The Bertz CT molecular complexity index is 264. The summed E-state index contributed by atoms with van der Waals surface area (Å²) in [7, 11) is -1.26. The van der Waals surface area contributed by atoms with Gasteiger partial charge in [0.1, 0.15) is 0 Å². The van der Waals surface area contributed by atoms with Crippen molar-refractivity contribution in [3.05, 3.63) is 0 Å². The van der Waals surface area contributed by atoms with Gasteiger partial charge in [0.05, 0.1) is 13.7 Å². The Hall–Kier alpha value is 0.177. The third-order valence-corrected chi connectivity index (χ3v) is 8.21. The standard InChI is InChI=1S/C16H34OSi/c1-8-14(18(5,6)7)16(17)11-9-13(10-12-16)15(2,3)4/h13-14,17H,8-12H2,1-7H3. The van der Waals surface area contributed by atoms with Crippen molar-refractivity contribution >= 4 is 8.07 Å². The van der Waals surface area contributed by atoms with E-state index in [1.165, 1.54) is 12.8 Å². The number of rotatable bonds is 3. The van der Waals surface area contributed by atoms with Crippen molar-refractivity contribution < 1.29 is 5.11 Å². The Morgan fingerprint density at radius 3 is 1.89 bits per heavy atom. The normalized spacial score (nSPS) is 32.3. The molecule has 108 valence electrons. The molecule has 0 amide bonds. The molecule has 1 nitrogen and oxygen atoms in total. The highest BCUT2D eigenvalue weighted by Crippen LogP contribution is 2.49. The Labute approximate surface area is 115 Å². The highest BCUT2D eigenvalue weighted by Gasteiger charge is 2.46. The lowest BCUT2D eigenvalue weighted by Crippen LogP contribution is -2.48. The maximum atomic E-state index is 11.1. The van der Waals surface area contributed by atoms with Crippen molar-refractivity contribution in [2.45, 2.75) is 90.6 Å². The van der Waals surface area contributed by atoms with E-state index in [0.29, 0.717) is 11.0 Å². The first-order valence-electron chi connectivity index (χ1n) is 7.73. The van der Waals surface area contributed by atoms with Crippen LogP contribution in [0, 0.1) is 11.3 Å². The van der Waals surface area contributed by atoms with Crippen LogP contribution in [0.15, 0.2) is 0 Å². The lowest BCUT2D eigenvalue weighted by atomic mass is 9.67. The fourth-order valence-electron chi connectivity index (χ4n) is 4.13. The van der Waals surface area contributed by atoms with E-state index in [1.807, 2.05) is 0 Å². The molecule has 0 aliphatic heterocycles. The fourth-order valence-corrected chi connectivity index (χ4v) is 7.26. The van der Waals surface area contributed by atoms with E-state index in [1.54, 1.807) is 0 Å². The second kappa shape index (κ2) is 5.28. The van der Waals surface area contributed by atoms with Crippen molar-refractivity contribution in [3.63, 3.8) is 0 Å². The molecule has 0 aromatic rings. The van der Waals surface area contributed by atoms with E-state index in [-0.39, 0.29) is 5.60 Å². The van der Waals surface area contributed by atoms with Crippen molar-refractivity contribution in [2.24, 2.45) is 11.3 Å².